The van der Waals surface area contributed by atoms with Crippen LogP contribution in [0.4, 0.5) is 10.1 Å². The largest absolute Gasteiger partial charge is 0.490 e. The highest BCUT2D eigenvalue weighted by molar-refractivity contribution is 6.32. The standard InChI is InChI=1S/C27H25ClFN3O5/c1-3-36-23-13-17(12-21(28)24(23)37-15-16-7-6-8-18(29)11-16)19-14-31(2)27(25(19)32(34)35)20-9-4-5-10-22(20)30-26(27)33/h4-13,19,25H,3,14-15H2,1-2H3,(H,30,33)/t19-,25-,27-/m0/s1. The van der Waals surface area contributed by atoms with Crippen molar-refractivity contribution in [3.05, 3.63) is 98.3 Å². The predicted octanol–water partition coefficient (Wildman–Crippen LogP) is 4.98. The first-order valence-electron chi connectivity index (χ1n) is 11.9. The van der Waals surface area contributed by atoms with Gasteiger partial charge >= 0.3 is 0 Å². The molecule has 3 atom stereocenters. The number of nitro groups is 1. The van der Waals surface area contributed by atoms with Crippen LogP contribution in [0.5, 0.6) is 11.5 Å². The molecule has 2 aliphatic rings. The van der Waals surface area contributed by atoms with Crippen LogP contribution in [0, 0.1) is 15.9 Å². The lowest BCUT2D eigenvalue weighted by Crippen LogP contribution is -2.54. The maximum Gasteiger partial charge on any atom is 0.256 e. The van der Waals surface area contributed by atoms with Crippen LogP contribution in [-0.4, -0.2) is 42.0 Å². The van der Waals surface area contributed by atoms with E-state index < -0.39 is 23.4 Å². The van der Waals surface area contributed by atoms with Crippen molar-refractivity contribution in [1.82, 2.24) is 4.90 Å². The molecule has 0 radical (unpaired) electrons. The quantitative estimate of drug-likeness (QED) is 0.345. The van der Waals surface area contributed by atoms with Gasteiger partial charge in [-0.15, -0.1) is 0 Å². The summed E-state index contributed by atoms with van der Waals surface area (Å²) in [6.45, 7) is 2.41. The number of ether oxygens (including phenoxy) is 2. The number of carbonyl (C=O) groups excluding carboxylic acids is 1. The van der Waals surface area contributed by atoms with Crippen molar-refractivity contribution in [2.45, 2.75) is 31.0 Å². The Morgan fingerprint density at radius 3 is 2.70 bits per heavy atom. The van der Waals surface area contributed by atoms with Crippen molar-refractivity contribution in [2.24, 2.45) is 0 Å². The molecule has 1 N–H and O–H groups in total. The van der Waals surface area contributed by atoms with E-state index in [1.807, 2.05) is 0 Å². The number of likely N-dealkylation sites (tertiary alicyclic amines) is 1. The normalized spacial score (nSPS) is 22.6. The number of amides is 1. The maximum absolute atomic E-state index is 13.6. The highest BCUT2D eigenvalue weighted by atomic mass is 35.5. The Hall–Kier alpha value is -3.69. The monoisotopic (exact) mass is 525 g/mol. The van der Waals surface area contributed by atoms with Crippen molar-refractivity contribution >= 4 is 23.2 Å². The number of fused-ring (bicyclic) bond motifs is 2. The second kappa shape index (κ2) is 9.64. The molecular weight excluding hydrogens is 501 g/mol. The van der Waals surface area contributed by atoms with Gasteiger partial charge in [0, 0.05) is 22.7 Å². The first kappa shape index (κ1) is 25.0. The van der Waals surface area contributed by atoms with Crippen molar-refractivity contribution < 1.29 is 23.6 Å². The zero-order valence-corrected chi connectivity index (χ0v) is 21.0. The highest BCUT2D eigenvalue weighted by Gasteiger charge is 2.68. The number of para-hydroxylation sites is 1. The van der Waals surface area contributed by atoms with E-state index in [-0.39, 0.29) is 34.7 Å². The third-order valence-electron chi connectivity index (χ3n) is 7.07. The number of carbonyl (C=O) groups is 1. The number of likely N-dealkylation sites (N-methyl/N-ethyl adjacent to an activating group) is 1. The Morgan fingerprint density at radius 1 is 1.19 bits per heavy atom. The smallest absolute Gasteiger partial charge is 0.256 e. The Bertz CT molecular complexity index is 1390. The molecule has 1 spiro atoms. The molecule has 2 aliphatic heterocycles. The van der Waals surface area contributed by atoms with Gasteiger partial charge in [-0.05, 0) is 55.4 Å². The Kier molecular flexibility index (Phi) is 6.51. The number of nitrogens with zero attached hydrogens (tertiary/aromatic N) is 2. The summed E-state index contributed by atoms with van der Waals surface area (Å²) >= 11 is 6.63. The first-order valence-corrected chi connectivity index (χ1v) is 12.2. The van der Waals surface area contributed by atoms with Gasteiger partial charge in [-0.3, -0.25) is 19.8 Å². The van der Waals surface area contributed by atoms with E-state index in [0.29, 0.717) is 34.7 Å². The minimum Gasteiger partial charge on any atom is -0.490 e. The molecule has 3 aromatic rings. The number of rotatable bonds is 7. The van der Waals surface area contributed by atoms with E-state index in [1.54, 1.807) is 67.4 Å². The van der Waals surface area contributed by atoms with Gasteiger partial charge < -0.3 is 14.8 Å². The van der Waals surface area contributed by atoms with E-state index in [2.05, 4.69) is 5.32 Å². The molecule has 8 nitrogen and oxygen atoms in total. The Labute approximate surface area is 218 Å². The number of halogens is 2. The molecule has 37 heavy (non-hydrogen) atoms. The van der Waals surface area contributed by atoms with Gasteiger partial charge in [0.15, 0.2) is 17.0 Å². The Morgan fingerprint density at radius 2 is 1.97 bits per heavy atom. The average Bonchev–Trinajstić information content (AvgIpc) is 3.33. The summed E-state index contributed by atoms with van der Waals surface area (Å²) in [6, 6.07) is 15.1. The van der Waals surface area contributed by atoms with E-state index in [9.17, 15) is 19.3 Å². The molecule has 1 fully saturated rings. The van der Waals surface area contributed by atoms with Gasteiger partial charge in [0.2, 0.25) is 0 Å². The summed E-state index contributed by atoms with van der Waals surface area (Å²) in [5, 5.41) is 15.6. The van der Waals surface area contributed by atoms with E-state index in [1.165, 1.54) is 12.1 Å². The number of hydrogen-bond donors (Lipinski definition) is 1. The minimum absolute atomic E-state index is 0.0562. The molecule has 3 aromatic carbocycles. The van der Waals surface area contributed by atoms with Crippen LogP contribution < -0.4 is 14.8 Å². The zero-order chi connectivity index (χ0) is 26.3. The number of anilines is 1. The van der Waals surface area contributed by atoms with Crippen LogP contribution in [-0.2, 0) is 16.9 Å². The summed E-state index contributed by atoms with van der Waals surface area (Å²) in [6.07, 6.45) is 0. The molecule has 0 bridgehead atoms. The van der Waals surface area contributed by atoms with Gasteiger partial charge in [-0.1, -0.05) is 41.9 Å². The number of nitrogens with one attached hydrogen (secondary N) is 1. The SMILES string of the molecule is CCOc1cc([C@@H]2CN(C)[C@]3(C(=O)Nc4ccccc43)[C@H]2[N+](=O)[O-])cc(Cl)c1OCc1cccc(F)c1. The summed E-state index contributed by atoms with van der Waals surface area (Å²) in [5.74, 6) is -0.879. The topological polar surface area (TPSA) is 93.9 Å². The fraction of sp³-hybridized carbons (Fsp3) is 0.296. The van der Waals surface area contributed by atoms with E-state index in [4.69, 9.17) is 21.1 Å². The zero-order valence-electron chi connectivity index (χ0n) is 20.2. The average molecular weight is 526 g/mol. The molecule has 10 heteroatoms. The van der Waals surface area contributed by atoms with Crippen molar-refractivity contribution in [3.8, 4) is 11.5 Å². The van der Waals surface area contributed by atoms with E-state index in [0.717, 1.165) is 0 Å². The molecule has 0 aromatic heterocycles. The summed E-state index contributed by atoms with van der Waals surface area (Å²) in [7, 11) is 1.72. The molecular formula is C27H25ClFN3O5. The highest BCUT2D eigenvalue weighted by Crippen LogP contribution is 2.53. The summed E-state index contributed by atoms with van der Waals surface area (Å²) < 4.78 is 25.3. The third kappa shape index (κ3) is 4.08. The fourth-order valence-corrected chi connectivity index (χ4v) is 5.84. The van der Waals surface area contributed by atoms with Crippen molar-refractivity contribution in [2.75, 3.05) is 25.5 Å². The second-order valence-electron chi connectivity index (χ2n) is 9.16. The minimum atomic E-state index is -1.46. The molecule has 0 aliphatic carbocycles. The molecule has 0 saturated carbocycles. The van der Waals surface area contributed by atoms with E-state index >= 15 is 0 Å². The molecule has 1 amide bonds. The van der Waals surface area contributed by atoms with Gasteiger partial charge in [-0.2, -0.15) is 0 Å². The van der Waals surface area contributed by atoms with Crippen LogP contribution in [0.25, 0.3) is 0 Å². The van der Waals surface area contributed by atoms with Crippen LogP contribution >= 0.6 is 11.6 Å². The van der Waals surface area contributed by atoms with Gasteiger partial charge in [-0.25, -0.2) is 4.39 Å². The number of benzene rings is 3. The molecule has 5 rings (SSSR count). The van der Waals surface area contributed by atoms with Crippen molar-refractivity contribution in [1.29, 1.82) is 0 Å². The molecule has 0 unspecified atom stereocenters. The summed E-state index contributed by atoms with van der Waals surface area (Å²) in [4.78, 5) is 27.3. The lowest BCUT2D eigenvalue weighted by Gasteiger charge is -2.30. The number of hydrogen-bond acceptors (Lipinski definition) is 6. The second-order valence-corrected chi connectivity index (χ2v) is 9.57. The molecule has 192 valence electrons. The summed E-state index contributed by atoms with van der Waals surface area (Å²) in [5.41, 5.74) is 0.865. The fourth-order valence-electron chi connectivity index (χ4n) is 5.57. The first-order chi connectivity index (χ1) is 17.8. The molecule has 2 heterocycles. The van der Waals surface area contributed by atoms with Crippen LogP contribution in [0.15, 0.2) is 60.7 Å². The van der Waals surface area contributed by atoms with Crippen molar-refractivity contribution in [3.63, 3.8) is 0 Å². The van der Waals surface area contributed by atoms with Crippen LogP contribution in [0.1, 0.15) is 29.5 Å². The maximum atomic E-state index is 13.6. The predicted molar refractivity (Wildman–Crippen MR) is 136 cm³/mol. The van der Waals surface area contributed by atoms with Crippen LogP contribution in [0.2, 0.25) is 5.02 Å². The van der Waals surface area contributed by atoms with Crippen LogP contribution in [0.3, 0.4) is 0 Å². The van der Waals surface area contributed by atoms with Gasteiger partial charge in [0.05, 0.1) is 17.5 Å². The van der Waals surface area contributed by atoms with Gasteiger partial charge in [0.1, 0.15) is 12.4 Å². The molecule has 1 saturated heterocycles. The lowest BCUT2D eigenvalue weighted by molar-refractivity contribution is -0.534. The van der Waals surface area contributed by atoms with Gasteiger partial charge in [0.25, 0.3) is 11.9 Å². The Balaban J connectivity index is 1.54. The third-order valence-corrected chi connectivity index (χ3v) is 7.35. The lowest BCUT2D eigenvalue weighted by atomic mass is 9.79.